The van der Waals surface area contributed by atoms with Crippen LogP contribution < -0.4 is 0 Å². The first-order valence-corrected chi connectivity index (χ1v) is 33.0. The van der Waals surface area contributed by atoms with Crippen molar-refractivity contribution in [1.82, 2.24) is 0 Å². The van der Waals surface area contributed by atoms with Crippen LogP contribution in [0.1, 0.15) is 273 Å². The number of ether oxygens (including phenoxy) is 4. The highest BCUT2D eigenvalue weighted by Gasteiger charge is 2.30. The van der Waals surface area contributed by atoms with Gasteiger partial charge in [-0.2, -0.15) is 0 Å². The van der Waals surface area contributed by atoms with E-state index in [-0.39, 0.29) is 25.7 Å². The Hall–Kier alpha value is -1.94. The van der Waals surface area contributed by atoms with Gasteiger partial charge in [-0.25, -0.2) is 9.13 Å². The van der Waals surface area contributed by atoms with Crippen LogP contribution in [0, 0.1) is 11.8 Å². The molecule has 0 spiro atoms. The highest BCUT2D eigenvalue weighted by atomic mass is 31.2. The van der Waals surface area contributed by atoms with Crippen LogP contribution in [0.5, 0.6) is 0 Å². The zero-order valence-electron chi connectivity index (χ0n) is 48.5. The van der Waals surface area contributed by atoms with Gasteiger partial charge >= 0.3 is 39.5 Å². The lowest BCUT2D eigenvalue weighted by atomic mass is 10.0. The van der Waals surface area contributed by atoms with Crippen molar-refractivity contribution in [2.75, 3.05) is 39.6 Å². The molecule has 450 valence electrons. The zero-order valence-corrected chi connectivity index (χ0v) is 50.3. The minimum Gasteiger partial charge on any atom is -0.462 e. The number of aliphatic hydroxyl groups excluding tert-OH is 1. The first kappa shape index (κ1) is 74.1. The van der Waals surface area contributed by atoms with Crippen molar-refractivity contribution in [1.29, 1.82) is 0 Å². The lowest BCUT2D eigenvalue weighted by Gasteiger charge is -2.21. The van der Waals surface area contributed by atoms with E-state index >= 15 is 0 Å². The maximum Gasteiger partial charge on any atom is 0.472 e. The van der Waals surface area contributed by atoms with Crippen LogP contribution in [0.2, 0.25) is 0 Å². The molecule has 0 bridgehead atoms. The van der Waals surface area contributed by atoms with Gasteiger partial charge in [0.1, 0.15) is 19.3 Å². The van der Waals surface area contributed by atoms with Gasteiger partial charge in [-0.3, -0.25) is 37.3 Å². The Bertz CT molecular complexity index is 1510. The normalized spacial score (nSPS) is 14.5. The van der Waals surface area contributed by atoms with E-state index in [0.29, 0.717) is 31.6 Å². The smallest absolute Gasteiger partial charge is 0.462 e. The topological polar surface area (TPSA) is 237 Å². The molecule has 0 radical (unpaired) electrons. The lowest BCUT2D eigenvalue weighted by Crippen LogP contribution is -2.30. The molecule has 0 aromatic rings. The molecule has 0 saturated carbocycles. The molecule has 0 fully saturated rings. The van der Waals surface area contributed by atoms with Gasteiger partial charge in [-0.15, -0.1) is 0 Å². The minimum atomic E-state index is -4.94. The van der Waals surface area contributed by atoms with Crippen LogP contribution in [0.3, 0.4) is 0 Å². The number of hydrogen-bond acceptors (Lipinski definition) is 15. The molecule has 0 aliphatic carbocycles. The summed E-state index contributed by atoms with van der Waals surface area (Å²) in [6, 6.07) is 0. The molecule has 0 saturated heterocycles. The van der Waals surface area contributed by atoms with E-state index in [1.165, 1.54) is 70.6 Å². The summed E-state index contributed by atoms with van der Waals surface area (Å²) in [4.78, 5) is 71.5. The molecule has 0 aliphatic rings. The Kier molecular flexibility index (Phi) is 48.8. The molecule has 3 N–H and O–H groups in total. The Morgan fingerprint density at radius 2 is 0.605 bits per heavy atom. The van der Waals surface area contributed by atoms with Crippen molar-refractivity contribution in [2.24, 2.45) is 11.8 Å². The van der Waals surface area contributed by atoms with Gasteiger partial charge in [-0.1, -0.05) is 221 Å². The standard InChI is InChI=1S/C57H110O17P2/c1-7-9-11-13-14-22-29-35-41-56(61)73-52(45-67-54(59)39-33-25-12-10-8-2)47-71-75(63,64)69-43-51(58)44-70-76(65,66)72-48-53(46-68-55(60)40-34-28-24-19-21-27-32-38-50(5)6)74-57(62)42-36-30-23-18-16-15-17-20-26-31-37-49(3)4/h49-53,58H,7-48H2,1-6H3,(H,63,64)(H,65,66)/t51-,52+,53+/m0/s1. The fourth-order valence-electron chi connectivity index (χ4n) is 8.29. The van der Waals surface area contributed by atoms with Gasteiger partial charge in [-0.05, 0) is 37.5 Å². The molecule has 0 heterocycles. The quantitative estimate of drug-likeness (QED) is 0.0222. The fraction of sp³-hybridized carbons (Fsp3) is 0.930. The fourth-order valence-corrected chi connectivity index (χ4v) is 9.87. The van der Waals surface area contributed by atoms with Crippen LogP contribution in [0.15, 0.2) is 0 Å². The van der Waals surface area contributed by atoms with Crippen LogP contribution in [-0.2, 0) is 65.4 Å². The third-order valence-corrected chi connectivity index (χ3v) is 14.9. The number of unbranched alkanes of at least 4 members (excludes halogenated alkanes) is 26. The molecule has 5 atom stereocenters. The molecular weight excluding hydrogens is 1020 g/mol. The molecule has 0 aliphatic heterocycles. The lowest BCUT2D eigenvalue weighted by molar-refractivity contribution is -0.161. The van der Waals surface area contributed by atoms with Gasteiger partial charge in [0.25, 0.3) is 0 Å². The molecule has 0 aromatic carbocycles. The average Bonchev–Trinajstić information content (AvgIpc) is 3.37. The Balaban J connectivity index is 5.18. The van der Waals surface area contributed by atoms with Crippen molar-refractivity contribution in [2.45, 2.75) is 291 Å². The number of carbonyl (C=O) groups is 4. The highest BCUT2D eigenvalue weighted by molar-refractivity contribution is 7.47. The van der Waals surface area contributed by atoms with Crippen LogP contribution >= 0.6 is 15.6 Å². The van der Waals surface area contributed by atoms with Crippen molar-refractivity contribution in [3.8, 4) is 0 Å². The Labute approximate surface area is 460 Å². The summed E-state index contributed by atoms with van der Waals surface area (Å²) in [5.41, 5.74) is 0. The van der Waals surface area contributed by atoms with Gasteiger partial charge in [0.05, 0.1) is 26.4 Å². The predicted molar refractivity (Wildman–Crippen MR) is 298 cm³/mol. The van der Waals surface area contributed by atoms with Crippen molar-refractivity contribution in [3.63, 3.8) is 0 Å². The minimum absolute atomic E-state index is 0.103. The van der Waals surface area contributed by atoms with Gasteiger partial charge in [0.15, 0.2) is 12.2 Å². The van der Waals surface area contributed by atoms with Crippen LogP contribution in [-0.4, -0.2) is 96.7 Å². The second-order valence-corrected chi connectivity index (χ2v) is 24.5. The second kappa shape index (κ2) is 50.1. The largest absolute Gasteiger partial charge is 0.472 e. The summed E-state index contributed by atoms with van der Waals surface area (Å²) in [6.07, 6.45) is 29.8. The number of carbonyl (C=O) groups excluding carboxylic acids is 4. The number of aliphatic hydroxyl groups is 1. The predicted octanol–water partition coefficient (Wildman–Crippen LogP) is 14.9. The average molecular weight is 1130 g/mol. The maximum absolute atomic E-state index is 12.9. The van der Waals surface area contributed by atoms with Gasteiger partial charge < -0.3 is 33.8 Å². The highest BCUT2D eigenvalue weighted by Crippen LogP contribution is 2.45. The Morgan fingerprint density at radius 3 is 0.895 bits per heavy atom. The zero-order chi connectivity index (χ0) is 56.6. The van der Waals surface area contributed by atoms with E-state index in [1.807, 2.05) is 0 Å². The number of hydrogen-bond donors (Lipinski definition) is 3. The van der Waals surface area contributed by atoms with E-state index in [9.17, 15) is 43.2 Å². The summed E-state index contributed by atoms with van der Waals surface area (Å²) >= 11 is 0. The Morgan fingerprint density at radius 1 is 0.355 bits per heavy atom. The summed E-state index contributed by atoms with van der Waals surface area (Å²) < 4.78 is 67.4. The van der Waals surface area contributed by atoms with E-state index < -0.39 is 97.5 Å². The van der Waals surface area contributed by atoms with Crippen molar-refractivity contribution in [3.05, 3.63) is 0 Å². The summed E-state index contributed by atoms with van der Waals surface area (Å²) in [6.45, 7) is 9.25. The summed E-state index contributed by atoms with van der Waals surface area (Å²) in [7, 11) is -9.86. The van der Waals surface area contributed by atoms with Crippen LogP contribution in [0.4, 0.5) is 0 Å². The van der Waals surface area contributed by atoms with E-state index in [4.69, 9.17) is 37.0 Å². The monoisotopic (exact) mass is 1130 g/mol. The van der Waals surface area contributed by atoms with E-state index in [1.54, 1.807) is 0 Å². The first-order chi connectivity index (χ1) is 36.4. The third kappa shape index (κ3) is 51.5. The van der Waals surface area contributed by atoms with Crippen molar-refractivity contribution >= 4 is 39.5 Å². The number of phosphoric acid groups is 2. The summed E-state index contributed by atoms with van der Waals surface area (Å²) in [5, 5.41) is 10.5. The molecule has 2 unspecified atom stereocenters. The van der Waals surface area contributed by atoms with Crippen LogP contribution in [0.25, 0.3) is 0 Å². The molecule has 76 heavy (non-hydrogen) atoms. The second-order valence-electron chi connectivity index (χ2n) is 21.6. The molecule has 0 amide bonds. The van der Waals surface area contributed by atoms with E-state index in [0.717, 1.165) is 115 Å². The maximum atomic E-state index is 12.9. The molecule has 0 aromatic heterocycles. The molecular formula is C57H110O17P2. The van der Waals surface area contributed by atoms with Crippen molar-refractivity contribution < 1.29 is 80.2 Å². The summed E-state index contributed by atoms with van der Waals surface area (Å²) in [5.74, 6) is -0.701. The van der Waals surface area contributed by atoms with Gasteiger partial charge in [0, 0.05) is 25.7 Å². The number of rotatable bonds is 56. The number of esters is 4. The van der Waals surface area contributed by atoms with Gasteiger partial charge in [0.2, 0.25) is 0 Å². The third-order valence-electron chi connectivity index (χ3n) is 13.0. The molecule has 0 rings (SSSR count). The van der Waals surface area contributed by atoms with E-state index in [2.05, 4.69) is 41.5 Å². The number of phosphoric ester groups is 2. The molecule has 19 heteroatoms. The SMILES string of the molecule is CCCCCCCCCCC(=O)O[C@H](COC(=O)CCCCCCC)COP(=O)(O)OC[C@H](O)COP(=O)(O)OC[C@@H](COC(=O)CCCCCCCCCC(C)C)OC(=O)CCCCCCCCCCCCC(C)C. The molecule has 17 nitrogen and oxygen atoms in total. The first-order valence-electron chi connectivity index (χ1n) is 30.0.